The van der Waals surface area contributed by atoms with Gasteiger partial charge in [-0.1, -0.05) is 24.3 Å². The van der Waals surface area contributed by atoms with Crippen LogP contribution in [0.25, 0.3) is 21.2 Å². The lowest BCUT2D eigenvalue weighted by Gasteiger charge is -2.37. The predicted molar refractivity (Wildman–Crippen MR) is 194 cm³/mol. The fraction of sp³-hybridized carbons (Fsp3) is 0.395. The summed E-state index contributed by atoms with van der Waals surface area (Å²) in [5.74, 6) is 0.205. The summed E-state index contributed by atoms with van der Waals surface area (Å²) >= 11 is 1.60. The first-order valence-electron chi connectivity index (χ1n) is 16.5. The summed E-state index contributed by atoms with van der Waals surface area (Å²) in [4.78, 5) is 44.2. The van der Waals surface area contributed by atoms with Gasteiger partial charge < -0.3 is 24.6 Å². The Morgan fingerprint density at radius 1 is 0.792 bits per heavy atom. The number of rotatable bonds is 6. The number of piperazine rings is 1. The van der Waals surface area contributed by atoms with Crippen molar-refractivity contribution in [2.45, 2.75) is 71.5 Å². The number of nitrogens with one attached hydrogen (secondary N) is 2. The van der Waals surface area contributed by atoms with Gasteiger partial charge >= 0.3 is 12.2 Å². The van der Waals surface area contributed by atoms with Crippen LogP contribution in [0.2, 0.25) is 0 Å². The molecule has 0 atom stereocenters. The van der Waals surface area contributed by atoms with Gasteiger partial charge in [-0.15, -0.1) is 11.3 Å². The molecule has 3 aromatic carbocycles. The summed E-state index contributed by atoms with van der Waals surface area (Å²) < 4.78 is 11.1. The fourth-order valence-corrected chi connectivity index (χ4v) is 6.70. The molecule has 3 amide bonds. The third-order valence-electron chi connectivity index (χ3n) is 8.27. The van der Waals surface area contributed by atoms with Gasteiger partial charge in [0.05, 0.1) is 11.4 Å². The van der Waals surface area contributed by atoms with Crippen LogP contribution in [0.4, 0.5) is 26.7 Å². The zero-order valence-electron chi connectivity index (χ0n) is 28.5. The number of carbonyl (C=O) groups is 3. The molecule has 1 aliphatic heterocycles. The van der Waals surface area contributed by atoms with Crippen LogP contribution in [0.5, 0.6) is 0 Å². The molecule has 2 fully saturated rings. The molecule has 10 heteroatoms. The van der Waals surface area contributed by atoms with E-state index in [1.807, 2.05) is 62.5 Å². The first-order valence-corrected chi connectivity index (χ1v) is 17.4. The summed E-state index contributed by atoms with van der Waals surface area (Å²) in [6.07, 6.45) is 1.42. The van der Waals surface area contributed by atoms with Crippen LogP contribution < -0.4 is 15.5 Å². The van der Waals surface area contributed by atoms with Crippen LogP contribution in [0.3, 0.4) is 0 Å². The Balaban J connectivity index is 1.23. The molecule has 0 radical (unpaired) electrons. The smallest absolute Gasteiger partial charge is 0.412 e. The average Bonchev–Trinajstić information content (AvgIpc) is 3.71. The molecule has 1 saturated heterocycles. The SMILES string of the molecule is CC(C)(C)OC(=O)Nc1ccc(-c2cccs2)cc1NC(=O)c1ccc2c(C3CC3)c(N3CCN(C(=O)OC(C)(C)C)CC3)ccc2c1. The van der Waals surface area contributed by atoms with E-state index in [9.17, 15) is 14.4 Å². The van der Waals surface area contributed by atoms with E-state index in [0.29, 0.717) is 35.9 Å². The summed E-state index contributed by atoms with van der Waals surface area (Å²) in [5.41, 5.74) is 3.72. The van der Waals surface area contributed by atoms with Crippen molar-refractivity contribution in [3.8, 4) is 10.4 Å². The number of amides is 3. The Kier molecular flexibility index (Phi) is 9.13. The molecule has 2 aliphatic rings. The second-order valence-corrected chi connectivity index (χ2v) is 15.4. The van der Waals surface area contributed by atoms with Crippen molar-refractivity contribution in [3.05, 3.63) is 77.2 Å². The lowest BCUT2D eigenvalue weighted by molar-refractivity contribution is 0.0240. The van der Waals surface area contributed by atoms with Crippen LogP contribution in [0.1, 0.15) is 76.2 Å². The van der Waals surface area contributed by atoms with Gasteiger partial charge in [0, 0.05) is 42.3 Å². The number of fused-ring (bicyclic) bond motifs is 1. The number of thiophene rings is 1. The quantitative estimate of drug-likeness (QED) is 0.213. The predicted octanol–water partition coefficient (Wildman–Crippen LogP) is 9.10. The van der Waals surface area contributed by atoms with Gasteiger partial charge in [0.1, 0.15) is 11.2 Å². The maximum absolute atomic E-state index is 13.7. The average molecular weight is 669 g/mol. The molecule has 1 aromatic heterocycles. The molecule has 252 valence electrons. The Labute approximate surface area is 286 Å². The molecule has 0 bridgehead atoms. The maximum atomic E-state index is 13.7. The van der Waals surface area contributed by atoms with E-state index < -0.39 is 17.3 Å². The number of anilines is 3. The molecule has 48 heavy (non-hydrogen) atoms. The maximum Gasteiger partial charge on any atom is 0.412 e. The number of ether oxygens (including phenoxy) is 2. The van der Waals surface area contributed by atoms with Gasteiger partial charge in [0.2, 0.25) is 0 Å². The highest BCUT2D eigenvalue weighted by Crippen LogP contribution is 2.48. The van der Waals surface area contributed by atoms with Gasteiger partial charge in [-0.05, 0) is 124 Å². The van der Waals surface area contributed by atoms with E-state index in [4.69, 9.17) is 9.47 Å². The van der Waals surface area contributed by atoms with Crippen LogP contribution in [0.15, 0.2) is 66.0 Å². The van der Waals surface area contributed by atoms with E-state index in [0.717, 1.165) is 47.1 Å². The second kappa shape index (κ2) is 13.1. The van der Waals surface area contributed by atoms with E-state index in [1.54, 1.807) is 43.1 Å². The monoisotopic (exact) mass is 668 g/mol. The van der Waals surface area contributed by atoms with E-state index in [2.05, 4.69) is 33.7 Å². The van der Waals surface area contributed by atoms with Crippen molar-refractivity contribution in [2.24, 2.45) is 0 Å². The Bertz CT molecular complexity index is 1830. The van der Waals surface area contributed by atoms with Crippen molar-refractivity contribution < 1.29 is 23.9 Å². The molecule has 0 unspecified atom stereocenters. The number of hydrogen-bond donors (Lipinski definition) is 2. The lowest BCUT2D eigenvalue weighted by atomic mass is 9.96. The van der Waals surface area contributed by atoms with Gasteiger partial charge in [0.15, 0.2) is 0 Å². The molecule has 6 rings (SSSR count). The standard InChI is InChI=1S/C38H44N4O5S/c1-37(2,3)46-35(44)40-29-15-12-26(32-8-7-21-48-32)23-30(29)39-34(43)27-11-14-28-25(22-27)13-16-31(33(28)24-9-10-24)41-17-19-42(20-18-41)36(45)47-38(4,5)6/h7-8,11-16,21-24H,9-10,17-20H2,1-6H3,(H,39,43)(H,40,44). The minimum atomic E-state index is -0.664. The zero-order valence-corrected chi connectivity index (χ0v) is 29.3. The third-order valence-corrected chi connectivity index (χ3v) is 9.19. The summed E-state index contributed by atoms with van der Waals surface area (Å²) in [6.45, 7) is 13.7. The van der Waals surface area contributed by atoms with Crippen LogP contribution in [0, 0.1) is 0 Å². The van der Waals surface area contributed by atoms with Crippen molar-refractivity contribution in [1.82, 2.24) is 4.90 Å². The van der Waals surface area contributed by atoms with Crippen molar-refractivity contribution in [1.29, 1.82) is 0 Å². The summed E-state index contributed by atoms with van der Waals surface area (Å²) in [6, 6.07) is 19.7. The summed E-state index contributed by atoms with van der Waals surface area (Å²) in [7, 11) is 0. The highest BCUT2D eigenvalue weighted by molar-refractivity contribution is 7.13. The Morgan fingerprint density at radius 3 is 2.17 bits per heavy atom. The van der Waals surface area contributed by atoms with Crippen molar-refractivity contribution in [2.75, 3.05) is 41.7 Å². The van der Waals surface area contributed by atoms with Crippen LogP contribution in [-0.2, 0) is 9.47 Å². The molecular formula is C38H44N4O5S. The largest absolute Gasteiger partial charge is 0.444 e. The Morgan fingerprint density at radius 2 is 1.52 bits per heavy atom. The molecular weight excluding hydrogens is 625 g/mol. The highest BCUT2D eigenvalue weighted by Gasteiger charge is 2.32. The first-order chi connectivity index (χ1) is 22.7. The van der Waals surface area contributed by atoms with Gasteiger partial charge in [-0.2, -0.15) is 0 Å². The zero-order chi connectivity index (χ0) is 34.2. The number of hydrogen-bond acceptors (Lipinski definition) is 7. The first kappa shape index (κ1) is 33.3. The molecule has 2 heterocycles. The van der Waals surface area contributed by atoms with E-state index in [-0.39, 0.29) is 12.0 Å². The number of nitrogens with zero attached hydrogens (tertiary/aromatic N) is 2. The van der Waals surface area contributed by atoms with Crippen LogP contribution in [-0.4, -0.2) is 60.4 Å². The fourth-order valence-electron chi connectivity index (χ4n) is 5.98. The second-order valence-electron chi connectivity index (χ2n) is 14.5. The van der Waals surface area contributed by atoms with Crippen molar-refractivity contribution >= 4 is 57.3 Å². The molecule has 1 saturated carbocycles. The summed E-state index contributed by atoms with van der Waals surface area (Å²) in [5, 5.41) is 10.00. The molecule has 0 spiro atoms. The highest BCUT2D eigenvalue weighted by atomic mass is 32.1. The normalized spacial score (nSPS) is 15.3. The third kappa shape index (κ3) is 7.93. The van der Waals surface area contributed by atoms with Gasteiger partial charge in [-0.3, -0.25) is 10.1 Å². The lowest BCUT2D eigenvalue weighted by Crippen LogP contribution is -2.50. The van der Waals surface area contributed by atoms with E-state index in [1.165, 1.54) is 11.3 Å². The molecule has 9 nitrogen and oxygen atoms in total. The minimum absolute atomic E-state index is 0.264. The topological polar surface area (TPSA) is 100 Å². The molecule has 1 aliphatic carbocycles. The molecule has 4 aromatic rings. The number of benzene rings is 3. The molecule has 2 N–H and O–H groups in total. The minimum Gasteiger partial charge on any atom is -0.444 e. The van der Waals surface area contributed by atoms with Crippen LogP contribution >= 0.6 is 11.3 Å². The number of carbonyl (C=O) groups excluding carboxylic acids is 3. The van der Waals surface area contributed by atoms with Crippen molar-refractivity contribution in [3.63, 3.8) is 0 Å². The Hall–Kier alpha value is -4.57. The van der Waals surface area contributed by atoms with Gasteiger partial charge in [0.25, 0.3) is 5.91 Å². The van der Waals surface area contributed by atoms with E-state index >= 15 is 0 Å². The van der Waals surface area contributed by atoms with Gasteiger partial charge in [-0.25, -0.2) is 9.59 Å².